The molecular weight excluding hydrogens is 342 g/mol. The molecule has 0 spiro atoms. The van der Waals surface area contributed by atoms with E-state index in [4.69, 9.17) is 0 Å². The lowest BCUT2D eigenvalue weighted by atomic mass is 10.2. The maximum atomic E-state index is 12.4. The summed E-state index contributed by atoms with van der Waals surface area (Å²) in [5.41, 5.74) is 3.54. The van der Waals surface area contributed by atoms with E-state index < -0.39 is 0 Å². The lowest BCUT2D eigenvalue weighted by molar-refractivity contribution is 0.0954. The zero-order chi connectivity index (χ0) is 17.9. The summed E-state index contributed by atoms with van der Waals surface area (Å²) in [4.78, 5) is 18.4. The van der Waals surface area contributed by atoms with Gasteiger partial charge < -0.3 is 5.32 Å². The molecule has 2 heterocycles. The van der Waals surface area contributed by atoms with E-state index in [0.717, 1.165) is 29.0 Å². The number of hydrogen-bond donors (Lipinski definition) is 1. The van der Waals surface area contributed by atoms with Crippen molar-refractivity contribution in [2.75, 3.05) is 6.54 Å². The number of hydrogen-bond acceptors (Lipinski definition) is 3. The molecule has 0 saturated carbocycles. The lowest BCUT2D eigenvalue weighted by Crippen LogP contribution is -2.25. The van der Waals surface area contributed by atoms with Crippen LogP contribution in [0.2, 0.25) is 0 Å². The number of aromatic nitrogens is 2. The highest BCUT2D eigenvalue weighted by Crippen LogP contribution is 2.22. The fraction of sp³-hybridized carbons (Fsp3) is 0.143. The highest BCUT2D eigenvalue weighted by Gasteiger charge is 2.12. The maximum absolute atomic E-state index is 12.4. The van der Waals surface area contributed by atoms with Crippen LogP contribution < -0.4 is 5.32 Å². The normalized spacial score (nSPS) is 11.0. The van der Waals surface area contributed by atoms with Crippen LogP contribution in [0.25, 0.3) is 16.7 Å². The molecule has 4 rings (SSSR count). The van der Waals surface area contributed by atoms with Crippen LogP contribution in [0.5, 0.6) is 0 Å². The Bertz CT molecular complexity index is 1040. The van der Waals surface area contributed by atoms with E-state index in [2.05, 4.69) is 38.4 Å². The Morgan fingerprint density at radius 3 is 2.73 bits per heavy atom. The average molecular weight is 361 g/mol. The maximum Gasteiger partial charge on any atom is 0.251 e. The van der Waals surface area contributed by atoms with E-state index in [1.807, 2.05) is 49.4 Å². The molecule has 2 aromatic heterocycles. The first-order chi connectivity index (χ1) is 12.7. The Balaban J connectivity index is 1.55. The minimum atomic E-state index is -0.0598. The number of thiophene rings is 1. The van der Waals surface area contributed by atoms with E-state index in [1.54, 1.807) is 11.3 Å². The number of nitrogens with one attached hydrogen (secondary N) is 1. The Morgan fingerprint density at radius 2 is 1.96 bits per heavy atom. The van der Waals surface area contributed by atoms with Crippen LogP contribution in [0.15, 0.2) is 66.0 Å². The minimum Gasteiger partial charge on any atom is -0.352 e. The molecule has 0 atom stereocenters. The van der Waals surface area contributed by atoms with Gasteiger partial charge in [-0.1, -0.05) is 24.3 Å². The third-order valence-corrected chi connectivity index (χ3v) is 5.27. The SMILES string of the molecule is Cc1nc2cc(C(=O)NCCc3cccs3)ccc2n1-c1ccccc1. The molecule has 0 aliphatic carbocycles. The summed E-state index contributed by atoms with van der Waals surface area (Å²) in [6.45, 7) is 2.61. The summed E-state index contributed by atoms with van der Waals surface area (Å²) < 4.78 is 2.10. The molecular formula is C21H19N3OS. The topological polar surface area (TPSA) is 46.9 Å². The van der Waals surface area contributed by atoms with Gasteiger partial charge in [0.1, 0.15) is 5.82 Å². The van der Waals surface area contributed by atoms with E-state index in [0.29, 0.717) is 12.1 Å². The van der Waals surface area contributed by atoms with Crippen LogP contribution in [0.3, 0.4) is 0 Å². The summed E-state index contributed by atoms with van der Waals surface area (Å²) in [5, 5.41) is 5.04. The second-order valence-corrected chi connectivity index (χ2v) is 7.15. The van der Waals surface area contributed by atoms with Gasteiger partial charge >= 0.3 is 0 Å². The summed E-state index contributed by atoms with van der Waals surface area (Å²) in [6, 6.07) is 19.9. The van der Waals surface area contributed by atoms with Crippen molar-refractivity contribution in [1.82, 2.24) is 14.9 Å². The molecule has 26 heavy (non-hydrogen) atoms. The minimum absolute atomic E-state index is 0.0598. The first kappa shape index (κ1) is 16.5. The molecule has 0 aliphatic heterocycles. The lowest BCUT2D eigenvalue weighted by Gasteiger charge is -2.07. The summed E-state index contributed by atoms with van der Waals surface area (Å²) in [6.07, 6.45) is 0.855. The summed E-state index contributed by atoms with van der Waals surface area (Å²) in [7, 11) is 0. The smallest absolute Gasteiger partial charge is 0.251 e. The second-order valence-electron chi connectivity index (χ2n) is 6.12. The fourth-order valence-electron chi connectivity index (χ4n) is 3.10. The van der Waals surface area contributed by atoms with Crippen molar-refractivity contribution in [1.29, 1.82) is 0 Å². The van der Waals surface area contributed by atoms with Gasteiger partial charge in [-0.05, 0) is 55.1 Å². The predicted octanol–water partition coefficient (Wildman–Crippen LogP) is 4.37. The van der Waals surface area contributed by atoms with Crippen molar-refractivity contribution in [2.45, 2.75) is 13.3 Å². The van der Waals surface area contributed by atoms with Gasteiger partial charge in [0.05, 0.1) is 11.0 Å². The number of amides is 1. The van der Waals surface area contributed by atoms with Crippen molar-refractivity contribution in [3.63, 3.8) is 0 Å². The van der Waals surface area contributed by atoms with Crippen molar-refractivity contribution in [3.05, 3.63) is 82.3 Å². The molecule has 0 aliphatic rings. The molecule has 0 fully saturated rings. The van der Waals surface area contributed by atoms with Gasteiger partial charge in [0.2, 0.25) is 0 Å². The zero-order valence-corrected chi connectivity index (χ0v) is 15.3. The van der Waals surface area contributed by atoms with Crippen molar-refractivity contribution < 1.29 is 4.79 Å². The van der Waals surface area contributed by atoms with E-state index >= 15 is 0 Å². The fourth-order valence-corrected chi connectivity index (χ4v) is 3.81. The first-order valence-corrected chi connectivity index (χ1v) is 9.45. The number of nitrogens with zero attached hydrogens (tertiary/aromatic N) is 2. The van der Waals surface area contributed by atoms with Gasteiger partial charge in [0, 0.05) is 22.7 Å². The Morgan fingerprint density at radius 1 is 1.12 bits per heavy atom. The number of aryl methyl sites for hydroxylation is 1. The predicted molar refractivity (Wildman–Crippen MR) is 106 cm³/mol. The molecule has 5 heteroatoms. The van der Waals surface area contributed by atoms with Gasteiger partial charge in [-0.2, -0.15) is 0 Å². The highest BCUT2D eigenvalue weighted by atomic mass is 32.1. The number of imidazole rings is 1. The van der Waals surface area contributed by atoms with E-state index in [-0.39, 0.29) is 5.91 Å². The van der Waals surface area contributed by atoms with Crippen LogP contribution in [0.1, 0.15) is 21.1 Å². The van der Waals surface area contributed by atoms with Crippen LogP contribution >= 0.6 is 11.3 Å². The summed E-state index contributed by atoms with van der Waals surface area (Å²) in [5.74, 6) is 0.844. The molecule has 4 nitrogen and oxygen atoms in total. The molecule has 0 bridgehead atoms. The Hall–Kier alpha value is -2.92. The largest absolute Gasteiger partial charge is 0.352 e. The zero-order valence-electron chi connectivity index (χ0n) is 14.5. The quantitative estimate of drug-likeness (QED) is 0.574. The molecule has 0 radical (unpaired) electrons. The molecule has 0 saturated heterocycles. The van der Waals surface area contributed by atoms with Gasteiger partial charge in [-0.3, -0.25) is 9.36 Å². The number of para-hydroxylation sites is 1. The van der Waals surface area contributed by atoms with Crippen molar-refractivity contribution >= 4 is 28.3 Å². The van der Waals surface area contributed by atoms with Crippen molar-refractivity contribution in [2.24, 2.45) is 0 Å². The van der Waals surface area contributed by atoms with Crippen LogP contribution in [-0.4, -0.2) is 22.0 Å². The molecule has 2 aromatic carbocycles. The van der Waals surface area contributed by atoms with E-state index in [9.17, 15) is 4.79 Å². The second kappa shape index (κ2) is 7.14. The third-order valence-electron chi connectivity index (χ3n) is 4.34. The Kier molecular flexibility index (Phi) is 4.54. The molecule has 1 N–H and O–H groups in total. The molecule has 0 unspecified atom stereocenters. The molecule has 130 valence electrons. The number of benzene rings is 2. The van der Waals surface area contributed by atoms with E-state index in [1.165, 1.54) is 4.88 Å². The number of carbonyl (C=O) groups excluding carboxylic acids is 1. The standard InChI is InChI=1S/C21H19N3OS/c1-15-23-19-14-16(21(25)22-12-11-18-8-5-13-26-18)9-10-20(19)24(15)17-6-3-2-4-7-17/h2-10,13-14H,11-12H2,1H3,(H,22,25). The van der Waals surface area contributed by atoms with Crippen LogP contribution in [0, 0.1) is 6.92 Å². The number of fused-ring (bicyclic) bond motifs is 1. The van der Waals surface area contributed by atoms with Gasteiger partial charge in [0.25, 0.3) is 5.91 Å². The van der Waals surface area contributed by atoms with Gasteiger partial charge in [0.15, 0.2) is 0 Å². The van der Waals surface area contributed by atoms with Crippen LogP contribution in [0.4, 0.5) is 0 Å². The average Bonchev–Trinajstić information content (AvgIpc) is 3.28. The summed E-state index contributed by atoms with van der Waals surface area (Å²) >= 11 is 1.71. The molecule has 1 amide bonds. The number of carbonyl (C=O) groups is 1. The Labute approximate surface area is 156 Å². The monoisotopic (exact) mass is 361 g/mol. The van der Waals surface area contributed by atoms with Crippen molar-refractivity contribution in [3.8, 4) is 5.69 Å². The number of rotatable bonds is 5. The van der Waals surface area contributed by atoms with Gasteiger partial charge in [-0.15, -0.1) is 11.3 Å². The molecule has 4 aromatic rings. The first-order valence-electron chi connectivity index (χ1n) is 8.57. The van der Waals surface area contributed by atoms with Crippen LogP contribution in [-0.2, 0) is 6.42 Å². The van der Waals surface area contributed by atoms with Gasteiger partial charge in [-0.25, -0.2) is 4.98 Å². The highest BCUT2D eigenvalue weighted by molar-refractivity contribution is 7.09. The third kappa shape index (κ3) is 3.26.